The van der Waals surface area contributed by atoms with Gasteiger partial charge in [0.25, 0.3) is 10.0 Å². The summed E-state index contributed by atoms with van der Waals surface area (Å²) in [4.78, 5) is 12.2. The van der Waals surface area contributed by atoms with E-state index in [1.165, 1.54) is 25.3 Å². The molecule has 0 aliphatic heterocycles. The van der Waals surface area contributed by atoms with Crippen molar-refractivity contribution in [3.05, 3.63) is 89.5 Å². The largest absolute Gasteiger partial charge is 0.495 e. The van der Waals surface area contributed by atoms with Gasteiger partial charge >= 0.3 is 0 Å². The first kappa shape index (κ1) is 22.1. The van der Waals surface area contributed by atoms with Crippen LogP contribution in [0.15, 0.2) is 77.7 Å². The number of carbonyl (C=O) groups excluding carboxylic acids is 1. The van der Waals surface area contributed by atoms with Gasteiger partial charge in [-0.3, -0.25) is 9.52 Å². The summed E-state index contributed by atoms with van der Waals surface area (Å²) in [6, 6.07) is 19.0. The molecule has 0 spiro atoms. The maximum absolute atomic E-state index is 12.7. The SMILES string of the molecule is COc1ccc(C)cc1NS(=O)(=O)c1ccc(NC(=O)/C=C/c2ccc(C)cc2)cc1. The number of ether oxygens (including phenoxy) is 1. The molecule has 0 unspecified atom stereocenters. The van der Waals surface area contributed by atoms with Crippen molar-refractivity contribution in [3.8, 4) is 5.75 Å². The van der Waals surface area contributed by atoms with Crippen LogP contribution >= 0.6 is 0 Å². The summed E-state index contributed by atoms with van der Waals surface area (Å²) in [5, 5.41) is 2.72. The van der Waals surface area contributed by atoms with Gasteiger partial charge in [-0.2, -0.15) is 0 Å². The Morgan fingerprint density at radius 1 is 0.903 bits per heavy atom. The summed E-state index contributed by atoms with van der Waals surface area (Å²) in [6.45, 7) is 3.86. The number of rotatable bonds is 7. The van der Waals surface area contributed by atoms with E-state index >= 15 is 0 Å². The second-order valence-electron chi connectivity index (χ2n) is 7.07. The van der Waals surface area contributed by atoms with Gasteiger partial charge in [-0.05, 0) is 67.4 Å². The van der Waals surface area contributed by atoms with Crippen LogP contribution in [0.5, 0.6) is 5.75 Å². The van der Waals surface area contributed by atoms with Gasteiger partial charge in [0.1, 0.15) is 5.75 Å². The topological polar surface area (TPSA) is 84.5 Å². The molecule has 3 aromatic rings. The van der Waals surface area contributed by atoms with Gasteiger partial charge in [0.05, 0.1) is 17.7 Å². The number of hydrogen-bond acceptors (Lipinski definition) is 4. The van der Waals surface area contributed by atoms with Crippen LogP contribution in [0.4, 0.5) is 11.4 Å². The van der Waals surface area contributed by atoms with Gasteiger partial charge in [0.2, 0.25) is 5.91 Å². The molecule has 0 fully saturated rings. The molecule has 3 rings (SSSR count). The van der Waals surface area contributed by atoms with E-state index in [2.05, 4.69) is 10.0 Å². The highest BCUT2D eigenvalue weighted by Gasteiger charge is 2.17. The lowest BCUT2D eigenvalue weighted by Gasteiger charge is -2.13. The Labute approximate surface area is 182 Å². The van der Waals surface area contributed by atoms with E-state index in [0.29, 0.717) is 17.1 Å². The number of hydrogen-bond donors (Lipinski definition) is 2. The molecule has 7 heteroatoms. The second kappa shape index (κ2) is 9.49. The zero-order valence-corrected chi connectivity index (χ0v) is 18.4. The van der Waals surface area contributed by atoms with Gasteiger partial charge in [-0.1, -0.05) is 35.9 Å². The molecule has 3 aromatic carbocycles. The number of anilines is 2. The van der Waals surface area contributed by atoms with Crippen molar-refractivity contribution in [2.24, 2.45) is 0 Å². The third-order valence-electron chi connectivity index (χ3n) is 4.54. The van der Waals surface area contributed by atoms with Crippen LogP contribution in [0.25, 0.3) is 6.08 Å². The Hall–Kier alpha value is -3.58. The van der Waals surface area contributed by atoms with Crippen molar-refractivity contribution in [2.75, 3.05) is 17.1 Å². The molecule has 31 heavy (non-hydrogen) atoms. The Morgan fingerprint density at radius 2 is 1.55 bits per heavy atom. The Bertz CT molecular complexity index is 1200. The Balaban J connectivity index is 1.68. The van der Waals surface area contributed by atoms with Crippen molar-refractivity contribution < 1.29 is 17.9 Å². The third-order valence-corrected chi connectivity index (χ3v) is 5.92. The lowest BCUT2D eigenvalue weighted by Crippen LogP contribution is -2.14. The Kier molecular flexibility index (Phi) is 6.77. The number of aryl methyl sites for hydroxylation is 2. The molecule has 160 valence electrons. The average Bonchev–Trinajstić information content (AvgIpc) is 2.74. The van der Waals surface area contributed by atoms with Gasteiger partial charge in [-0.15, -0.1) is 0 Å². The molecule has 1 amide bonds. The van der Waals surface area contributed by atoms with Crippen LogP contribution in [-0.2, 0) is 14.8 Å². The van der Waals surface area contributed by atoms with Gasteiger partial charge in [-0.25, -0.2) is 8.42 Å². The molecule has 0 heterocycles. The molecule has 0 atom stereocenters. The van der Waals surface area contributed by atoms with E-state index in [1.807, 2.05) is 44.2 Å². The molecule has 0 radical (unpaired) electrons. The number of sulfonamides is 1. The van der Waals surface area contributed by atoms with E-state index in [-0.39, 0.29) is 10.8 Å². The van der Waals surface area contributed by atoms with E-state index in [0.717, 1.165) is 16.7 Å². The molecule has 0 aromatic heterocycles. The third kappa shape index (κ3) is 5.96. The molecule has 0 saturated heterocycles. The van der Waals surface area contributed by atoms with Crippen molar-refractivity contribution in [1.82, 2.24) is 0 Å². The monoisotopic (exact) mass is 436 g/mol. The molecule has 0 aliphatic rings. The van der Waals surface area contributed by atoms with Gasteiger partial charge in [0, 0.05) is 11.8 Å². The summed E-state index contributed by atoms with van der Waals surface area (Å²) < 4.78 is 33.2. The lowest BCUT2D eigenvalue weighted by atomic mass is 10.1. The van der Waals surface area contributed by atoms with Crippen LogP contribution in [0, 0.1) is 13.8 Å². The molecular weight excluding hydrogens is 412 g/mol. The normalized spacial score (nSPS) is 11.3. The average molecular weight is 437 g/mol. The van der Waals surface area contributed by atoms with Crippen LogP contribution in [0.1, 0.15) is 16.7 Å². The van der Waals surface area contributed by atoms with E-state index in [9.17, 15) is 13.2 Å². The van der Waals surface area contributed by atoms with Gasteiger partial charge in [0.15, 0.2) is 0 Å². The molecule has 2 N–H and O–H groups in total. The maximum atomic E-state index is 12.7. The fourth-order valence-corrected chi connectivity index (χ4v) is 3.92. The predicted octanol–water partition coefficient (Wildman–Crippen LogP) is 4.76. The summed E-state index contributed by atoms with van der Waals surface area (Å²) in [5.41, 5.74) is 3.81. The first-order chi connectivity index (χ1) is 14.8. The number of carbonyl (C=O) groups is 1. The fraction of sp³-hybridized carbons (Fsp3) is 0.125. The molecular formula is C24H24N2O4S. The highest BCUT2D eigenvalue weighted by Crippen LogP contribution is 2.28. The standard InChI is InChI=1S/C24H24N2O4S/c1-17-4-7-19(8-5-17)9-15-24(27)25-20-10-12-21(13-11-20)31(28,29)26-22-16-18(2)6-14-23(22)30-3/h4-16,26H,1-3H3,(H,25,27)/b15-9+. The van der Waals surface area contributed by atoms with Crippen molar-refractivity contribution in [1.29, 1.82) is 0 Å². The first-order valence-electron chi connectivity index (χ1n) is 9.60. The zero-order chi connectivity index (χ0) is 22.4. The number of benzene rings is 3. The van der Waals surface area contributed by atoms with Crippen LogP contribution in [-0.4, -0.2) is 21.4 Å². The lowest BCUT2D eigenvalue weighted by molar-refractivity contribution is -0.111. The van der Waals surface area contributed by atoms with Crippen molar-refractivity contribution in [2.45, 2.75) is 18.7 Å². The zero-order valence-electron chi connectivity index (χ0n) is 17.5. The second-order valence-corrected chi connectivity index (χ2v) is 8.75. The quantitative estimate of drug-likeness (QED) is 0.523. The van der Waals surface area contributed by atoms with Gasteiger partial charge < -0.3 is 10.1 Å². The van der Waals surface area contributed by atoms with Crippen molar-refractivity contribution >= 4 is 33.4 Å². The predicted molar refractivity (Wildman–Crippen MR) is 124 cm³/mol. The molecule has 0 aliphatic carbocycles. The minimum absolute atomic E-state index is 0.0734. The van der Waals surface area contributed by atoms with E-state index < -0.39 is 10.0 Å². The summed E-state index contributed by atoms with van der Waals surface area (Å²) >= 11 is 0. The number of amides is 1. The highest BCUT2D eigenvalue weighted by molar-refractivity contribution is 7.92. The van der Waals surface area contributed by atoms with E-state index in [4.69, 9.17) is 4.74 Å². The van der Waals surface area contributed by atoms with Crippen LogP contribution < -0.4 is 14.8 Å². The smallest absolute Gasteiger partial charge is 0.262 e. The molecule has 0 bridgehead atoms. The molecule has 0 saturated carbocycles. The minimum atomic E-state index is -3.81. The summed E-state index contributed by atoms with van der Waals surface area (Å²) in [7, 11) is -2.34. The summed E-state index contributed by atoms with van der Waals surface area (Å²) in [5.74, 6) is 0.122. The fourth-order valence-electron chi connectivity index (χ4n) is 2.86. The van der Waals surface area contributed by atoms with Crippen molar-refractivity contribution in [3.63, 3.8) is 0 Å². The number of methoxy groups -OCH3 is 1. The maximum Gasteiger partial charge on any atom is 0.262 e. The first-order valence-corrected chi connectivity index (χ1v) is 11.1. The minimum Gasteiger partial charge on any atom is -0.495 e. The molecule has 6 nitrogen and oxygen atoms in total. The highest BCUT2D eigenvalue weighted by atomic mass is 32.2. The van der Waals surface area contributed by atoms with E-state index in [1.54, 1.807) is 30.3 Å². The van der Waals surface area contributed by atoms with Crippen LogP contribution in [0.3, 0.4) is 0 Å². The summed E-state index contributed by atoms with van der Waals surface area (Å²) in [6.07, 6.45) is 3.15. The van der Waals surface area contributed by atoms with Crippen LogP contribution in [0.2, 0.25) is 0 Å². The Morgan fingerprint density at radius 3 is 2.19 bits per heavy atom. The number of nitrogens with one attached hydrogen (secondary N) is 2.